The summed E-state index contributed by atoms with van der Waals surface area (Å²) in [6.45, 7) is 0. The summed E-state index contributed by atoms with van der Waals surface area (Å²) in [5.41, 5.74) is 2.23. The fourth-order valence-electron chi connectivity index (χ4n) is 3.92. The number of thioether (sulfide) groups is 1. The number of hydrogen-bond donors (Lipinski definition) is 1. The van der Waals surface area contributed by atoms with Gasteiger partial charge in [0.15, 0.2) is 17.3 Å². The number of anilines is 1. The molecule has 1 saturated heterocycles. The maximum Gasteiger partial charge on any atom is 0.284 e. The van der Waals surface area contributed by atoms with Crippen LogP contribution >= 0.6 is 23.4 Å². The summed E-state index contributed by atoms with van der Waals surface area (Å²) in [5.74, 6) is 2.76. The van der Waals surface area contributed by atoms with Crippen LogP contribution < -0.4 is 10.5 Å². The predicted octanol–water partition coefficient (Wildman–Crippen LogP) is 3.06. The minimum absolute atomic E-state index is 0.196. The van der Waals surface area contributed by atoms with E-state index in [0.29, 0.717) is 39.2 Å². The monoisotopic (exact) mass is 450 g/mol. The Balaban J connectivity index is 1.60. The van der Waals surface area contributed by atoms with Crippen LogP contribution in [0.15, 0.2) is 60.0 Å². The lowest BCUT2D eigenvalue weighted by atomic mass is 10.2. The quantitative estimate of drug-likeness (QED) is 0.451. The third kappa shape index (κ3) is 2.82. The van der Waals surface area contributed by atoms with Crippen LogP contribution in [-0.2, 0) is 0 Å². The second-order valence-electron chi connectivity index (χ2n) is 7.07. The number of imidazole rings is 1. The van der Waals surface area contributed by atoms with Crippen molar-refractivity contribution in [2.24, 2.45) is 0 Å². The third-order valence-corrected chi connectivity index (χ3v) is 6.64. The van der Waals surface area contributed by atoms with E-state index in [4.69, 9.17) is 16.7 Å². The second kappa shape index (κ2) is 7.10. The Hall–Kier alpha value is -3.37. The standard InChI is InChI=1S/C20H15ClN8OS/c21-13-6-7-28-16(13)20(30)29(12-4-2-1-3-5-12)18(26-28)14-8-31-11-27(14)19-15-17(23-9-22-15)24-10-25-19/h1-7,9-10,14H,8,11H2,(H,22,23,24,25)/t14-/m0/s1. The summed E-state index contributed by atoms with van der Waals surface area (Å²) in [7, 11) is 0. The van der Waals surface area contributed by atoms with E-state index in [-0.39, 0.29) is 11.6 Å². The molecule has 1 aliphatic heterocycles. The van der Waals surface area contributed by atoms with Gasteiger partial charge in [-0.05, 0) is 18.2 Å². The average Bonchev–Trinajstić information content (AvgIpc) is 3.53. The van der Waals surface area contributed by atoms with Gasteiger partial charge in [0.05, 0.1) is 22.9 Å². The van der Waals surface area contributed by atoms with Crippen LogP contribution in [0.25, 0.3) is 22.4 Å². The molecule has 0 aliphatic carbocycles. The predicted molar refractivity (Wildman–Crippen MR) is 120 cm³/mol. The third-order valence-electron chi connectivity index (χ3n) is 5.33. The SMILES string of the molecule is O=c1c2c(Cl)ccn2nc([C@@H]2CSCN2c2ncnc3[nH]cnc23)n1-c1ccccc1. The molecule has 0 bridgehead atoms. The van der Waals surface area contributed by atoms with E-state index in [2.05, 4.69) is 24.8 Å². The molecule has 31 heavy (non-hydrogen) atoms. The van der Waals surface area contributed by atoms with E-state index < -0.39 is 0 Å². The average molecular weight is 451 g/mol. The number of benzene rings is 1. The molecular formula is C20H15ClN8OS. The molecule has 6 rings (SSSR count). The summed E-state index contributed by atoms with van der Waals surface area (Å²) < 4.78 is 3.21. The number of fused-ring (bicyclic) bond motifs is 2. The van der Waals surface area contributed by atoms with Crippen molar-refractivity contribution in [3.63, 3.8) is 0 Å². The molecule has 1 aliphatic rings. The van der Waals surface area contributed by atoms with Gasteiger partial charge in [-0.15, -0.1) is 11.8 Å². The van der Waals surface area contributed by atoms with Gasteiger partial charge in [-0.3, -0.25) is 9.36 Å². The molecule has 0 radical (unpaired) electrons. The molecule has 1 aromatic carbocycles. The molecule has 9 nitrogen and oxygen atoms in total. The van der Waals surface area contributed by atoms with Crippen LogP contribution in [0.2, 0.25) is 5.02 Å². The molecule has 0 unspecified atom stereocenters. The Morgan fingerprint density at radius 1 is 1.13 bits per heavy atom. The fraction of sp³-hybridized carbons (Fsp3) is 0.150. The van der Waals surface area contributed by atoms with Crippen LogP contribution in [-0.4, -0.2) is 45.7 Å². The molecule has 5 heterocycles. The highest BCUT2D eigenvalue weighted by molar-refractivity contribution is 7.99. The number of aromatic amines is 1. The Kier molecular flexibility index (Phi) is 4.22. The first-order valence-electron chi connectivity index (χ1n) is 9.56. The highest BCUT2D eigenvalue weighted by atomic mass is 35.5. The van der Waals surface area contributed by atoms with E-state index in [1.165, 1.54) is 6.33 Å². The number of hydrogen-bond acceptors (Lipinski definition) is 7. The zero-order valence-electron chi connectivity index (χ0n) is 16.0. The number of para-hydroxylation sites is 1. The number of halogens is 1. The Morgan fingerprint density at radius 3 is 2.87 bits per heavy atom. The molecule has 4 aromatic heterocycles. The number of H-pyrrole nitrogens is 1. The number of nitrogens with zero attached hydrogens (tertiary/aromatic N) is 7. The van der Waals surface area contributed by atoms with Crippen molar-refractivity contribution >= 4 is 45.9 Å². The van der Waals surface area contributed by atoms with Crippen LogP contribution in [0.4, 0.5) is 5.82 Å². The van der Waals surface area contributed by atoms with Crippen LogP contribution in [0, 0.1) is 0 Å². The van der Waals surface area contributed by atoms with Gasteiger partial charge in [0.25, 0.3) is 5.56 Å². The summed E-state index contributed by atoms with van der Waals surface area (Å²) >= 11 is 8.06. The van der Waals surface area contributed by atoms with E-state index in [1.54, 1.807) is 39.4 Å². The molecule has 0 amide bonds. The van der Waals surface area contributed by atoms with Gasteiger partial charge in [0.1, 0.15) is 23.4 Å². The van der Waals surface area contributed by atoms with E-state index in [9.17, 15) is 4.79 Å². The van der Waals surface area contributed by atoms with Gasteiger partial charge in [0.2, 0.25) is 0 Å². The van der Waals surface area contributed by atoms with Crippen LogP contribution in [0.5, 0.6) is 0 Å². The van der Waals surface area contributed by atoms with Gasteiger partial charge < -0.3 is 9.88 Å². The Bertz CT molecular complexity index is 1480. The molecule has 1 fully saturated rings. The van der Waals surface area contributed by atoms with E-state index in [0.717, 1.165) is 11.4 Å². The first kappa shape index (κ1) is 18.4. The molecule has 154 valence electrons. The van der Waals surface area contributed by atoms with Crippen molar-refractivity contribution in [2.75, 3.05) is 16.5 Å². The van der Waals surface area contributed by atoms with Crippen LogP contribution in [0.1, 0.15) is 11.9 Å². The second-order valence-corrected chi connectivity index (χ2v) is 8.48. The zero-order valence-corrected chi connectivity index (χ0v) is 17.6. The molecule has 0 spiro atoms. The van der Waals surface area contributed by atoms with Crippen LogP contribution in [0.3, 0.4) is 0 Å². The lowest BCUT2D eigenvalue weighted by Crippen LogP contribution is -2.34. The molecule has 11 heteroatoms. The molecule has 0 saturated carbocycles. The van der Waals surface area contributed by atoms with Crippen molar-refractivity contribution in [3.8, 4) is 5.69 Å². The zero-order chi connectivity index (χ0) is 20.9. The van der Waals surface area contributed by atoms with Gasteiger partial charge in [0, 0.05) is 11.9 Å². The molecular weight excluding hydrogens is 436 g/mol. The van der Waals surface area contributed by atoms with E-state index >= 15 is 0 Å². The lowest BCUT2D eigenvalue weighted by molar-refractivity contribution is 0.629. The largest absolute Gasteiger partial charge is 0.334 e. The lowest BCUT2D eigenvalue weighted by Gasteiger charge is -2.26. The van der Waals surface area contributed by atoms with Crippen molar-refractivity contribution in [3.05, 3.63) is 76.5 Å². The fourth-order valence-corrected chi connectivity index (χ4v) is 5.30. The van der Waals surface area contributed by atoms with Crippen molar-refractivity contribution < 1.29 is 0 Å². The minimum Gasteiger partial charge on any atom is -0.334 e. The highest BCUT2D eigenvalue weighted by Crippen LogP contribution is 2.38. The number of nitrogens with one attached hydrogen (secondary N) is 1. The highest BCUT2D eigenvalue weighted by Gasteiger charge is 2.34. The normalized spacial score (nSPS) is 16.5. The van der Waals surface area contributed by atoms with Crippen molar-refractivity contribution in [2.45, 2.75) is 6.04 Å². The smallest absolute Gasteiger partial charge is 0.284 e. The maximum absolute atomic E-state index is 13.6. The van der Waals surface area contributed by atoms with Gasteiger partial charge in [-0.2, -0.15) is 5.10 Å². The van der Waals surface area contributed by atoms with Gasteiger partial charge in [-0.25, -0.2) is 19.5 Å². The molecule has 1 atom stereocenters. The summed E-state index contributed by atoms with van der Waals surface area (Å²) in [5, 5.41) is 5.20. The number of aromatic nitrogens is 7. The topological polar surface area (TPSA) is 97.0 Å². The molecule has 1 N–H and O–H groups in total. The summed E-state index contributed by atoms with van der Waals surface area (Å²) in [6, 6.07) is 11.0. The Morgan fingerprint density at radius 2 is 2.00 bits per heavy atom. The van der Waals surface area contributed by atoms with Gasteiger partial charge >= 0.3 is 0 Å². The Labute approximate surface area is 184 Å². The summed E-state index contributed by atoms with van der Waals surface area (Å²) in [4.78, 5) is 31.8. The van der Waals surface area contributed by atoms with Crippen molar-refractivity contribution in [1.29, 1.82) is 0 Å². The first-order valence-corrected chi connectivity index (χ1v) is 11.1. The minimum atomic E-state index is -0.212. The molecule has 5 aromatic rings. The number of rotatable bonds is 3. The van der Waals surface area contributed by atoms with Crippen molar-refractivity contribution in [1.82, 2.24) is 34.1 Å². The van der Waals surface area contributed by atoms with E-state index in [1.807, 2.05) is 30.3 Å². The first-order chi connectivity index (χ1) is 15.2. The van der Waals surface area contributed by atoms with Gasteiger partial charge in [-0.1, -0.05) is 29.8 Å². The summed E-state index contributed by atoms with van der Waals surface area (Å²) in [6.07, 6.45) is 4.83. The maximum atomic E-state index is 13.6.